The highest BCUT2D eigenvalue weighted by Gasteiger charge is 2.40. The monoisotopic (exact) mass is 276 g/mol. The highest BCUT2D eigenvalue weighted by atomic mass is 15.3. The Labute approximate surface area is 122 Å². The molecule has 1 atom stereocenters. The van der Waals surface area contributed by atoms with Gasteiger partial charge in [-0.05, 0) is 26.2 Å². The van der Waals surface area contributed by atoms with Crippen LogP contribution in [0.4, 0.5) is 5.69 Å². The number of hydrogen-bond acceptors (Lipinski definition) is 3. The summed E-state index contributed by atoms with van der Waals surface area (Å²) in [6, 6.07) is 0.602. The van der Waals surface area contributed by atoms with E-state index in [0.29, 0.717) is 11.6 Å². The Kier molecular flexibility index (Phi) is 3.76. The minimum absolute atomic E-state index is 0.353. The Morgan fingerprint density at radius 3 is 2.70 bits per heavy atom. The van der Waals surface area contributed by atoms with Gasteiger partial charge in [-0.25, -0.2) is 0 Å². The van der Waals surface area contributed by atoms with Gasteiger partial charge in [-0.3, -0.25) is 4.68 Å². The summed E-state index contributed by atoms with van der Waals surface area (Å²) in [6.07, 6.45) is 10.2. The molecular formula is C16H28N4. The van der Waals surface area contributed by atoms with Crippen LogP contribution in [0.15, 0.2) is 6.20 Å². The number of hydrogen-bond donors (Lipinski definition) is 1. The second-order valence-corrected chi connectivity index (χ2v) is 6.69. The summed E-state index contributed by atoms with van der Waals surface area (Å²) in [7, 11) is 2.02. The van der Waals surface area contributed by atoms with Crippen LogP contribution in [0.2, 0.25) is 0 Å². The van der Waals surface area contributed by atoms with Gasteiger partial charge in [0, 0.05) is 37.9 Å². The van der Waals surface area contributed by atoms with E-state index in [1.165, 1.54) is 49.9 Å². The number of nitrogens with one attached hydrogen (secondary N) is 1. The lowest BCUT2D eigenvalue weighted by Gasteiger charge is -2.50. The highest BCUT2D eigenvalue weighted by molar-refractivity contribution is 5.51. The fraction of sp³-hybridized carbons (Fsp3) is 0.812. The van der Waals surface area contributed by atoms with Crippen molar-refractivity contribution in [2.24, 2.45) is 7.05 Å². The molecule has 1 saturated carbocycles. The number of aryl methyl sites for hydroxylation is 2. The molecule has 0 aromatic carbocycles. The van der Waals surface area contributed by atoms with Crippen LogP contribution in [0, 0.1) is 6.92 Å². The minimum Gasteiger partial charge on any atom is -0.363 e. The lowest BCUT2D eigenvalue weighted by Crippen LogP contribution is -2.65. The topological polar surface area (TPSA) is 33.1 Å². The van der Waals surface area contributed by atoms with Crippen LogP contribution in [0.3, 0.4) is 0 Å². The van der Waals surface area contributed by atoms with Crippen molar-refractivity contribution in [3.8, 4) is 0 Å². The van der Waals surface area contributed by atoms with E-state index in [0.717, 1.165) is 13.1 Å². The summed E-state index contributed by atoms with van der Waals surface area (Å²) in [6.45, 7) is 6.70. The summed E-state index contributed by atoms with van der Waals surface area (Å²) in [5, 5.41) is 8.44. The normalized spacial score (nSPS) is 26.1. The van der Waals surface area contributed by atoms with Crippen molar-refractivity contribution in [3.63, 3.8) is 0 Å². The van der Waals surface area contributed by atoms with E-state index in [-0.39, 0.29) is 0 Å². The molecular weight excluding hydrogens is 248 g/mol. The van der Waals surface area contributed by atoms with Gasteiger partial charge in [-0.2, -0.15) is 5.10 Å². The zero-order chi connectivity index (χ0) is 14.2. The van der Waals surface area contributed by atoms with Gasteiger partial charge in [0.05, 0.1) is 11.4 Å². The van der Waals surface area contributed by atoms with E-state index in [1.54, 1.807) is 0 Å². The van der Waals surface area contributed by atoms with Crippen molar-refractivity contribution in [3.05, 3.63) is 11.9 Å². The third-order valence-corrected chi connectivity index (χ3v) is 5.21. The summed E-state index contributed by atoms with van der Waals surface area (Å²) < 4.78 is 1.95. The minimum atomic E-state index is 0.353. The van der Waals surface area contributed by atoms with Gasteiger partial charge in [0.1, 0.15) is 0 Å². The van der Waals surface area contributed by atoms with Crippen molar-refractivity contribution in [2.45, 2.75) is 64.0 Å². The standard InChI is InChI=1S/C16H28N4/c1-4-14-10-17-16(8-6-5-7-9-16)12-20(14)15-11-19(3)18-13(15)2/h11,14,17H,4-10,12H2,1-3H3. The van der Waals surface area contributed by atoms with Crippen LogP contribution in [-0.2, 0) is 7.05 Å². The second kappa shape index (κ2) is 5.40. The predicted molar refractivity (Wildman–Crippen MR) is 83.2 cm³/mol. The fourth-order valence-electron chi connectivity index (χ4n) is 4.03. The lowest BCUT2D eigenvalue weighted by atomic mass is 9.79. The number of anilines is 1. The molecule has 3 rings (SSSR count). The first kappa shape index (κ1) is 13.9. The zero-order valence-electron chi connectivity index (χ0n) is 13.2. The van der Waals surface area contributed by atoms with Crippen molar-refractivity contribution in [1.82, 2.24) is 15.1 Å². The molecule has 0 bridgehead atoms. The van der Waals surface area contributed by atoms with Crippen LogP contribution in [-0.4, -0.2) is 34.5 Å². The Morgan fingerprint density at radius 1 is 1.35 bits per heavy atom. The molecule has 1 saturated heterocycles. The molecule has 1 unspecified atom stereocenters. The Balaban J connectivity index is 1.86. The number of rotatable bonds is 2. The summed E-state index contributed by atoms with van der Waals surface area (Å²) >= 11 is 0. The SMILES string of the molecule is CCC1CNC2(CCCCC2)CN1c1cn(C)nc1C. The van der Waals surface area contributed by atoms with Gasteiger partial charge in [0.2, 0.25) is 0 Å². The molecule has 4 nitrogen and oxygen atoms in total. The van der Waals surface area contributed by atoms with Gasteiger partial charge in [-0.15, -0.1) is 0 Å². The third-order valence-electron chi connectivity index (χ3n) is 5.21. The largest absolute Gasteiger partial charge is 0.363 e. The maximum Gasteiger partial charge on any atom is 0.0827 e. The Hall–Kier alpha value is -1.03. The maximum atomic E-state index is 4.54. The molecule has 1 spiro atoms. The molecule has 2 fully saturated rings. The van der Waals surface area contributed by atoms with E-state index >= 15 is 0 Å². The molecule has 0 radical (unpaired) electrons. The maximum absolute atomic E-state index is 4.54. The molecule has 2 aliphatic rings. The average molecular weight is 276 g/mol. The van der Waals surface area contributed by atoms with E-state index in [2.05, 4.69) is 35.4 Å². The average Bonchev–Trinajstić information content (AvgIpc) is 2.78. The van der Waals surface area contributed by atoms with Gasteiger partial charge < -0.3 is 10.2 Å². The van der Waals surface area contributed by atoms with Crippen molar-refractivity contribution >= 4 is 5.69 Å². The van der Waals surface area contributed by atoms with Crippen LogP contribution in [0.5, 0.6) is 0 Å². The van der Waals surface area contributed by atoms with Crippen molar-refractivity contribution < 1.29 is 0 Å². The predicted octanol–water partition coefficient (Wildman–Crippen LogP) is 2.62. The van der Waals surface area contributed by atoms with Crippen LogP contribution >= 0.6 is 0 Å². The van der Waals surface area contributed by atoms with Gasteiger partial charge >= 0.3 is 0 Å². The third kappa shape index (κ3) is 2.46. The molecule has 1 aliphatic carbocycles. The summed E-state index contributed by atoms with van der Waals surface area (Å²) in [5.41, 5.74) is 2.86. The molecule has 4 heteroatoms. The van der Waals surface area contributed by atoms with Crippen LogP contribution in [0.25, 0.3) is 0 Å². The number of nitrogens with zero attached hydrogens (tertiary/aromatic N) is 3. The first-order chi connectivity index (χ1) is 9.63. The van der Waals surface area contributed by atoms with Gasteiger partial charge in [0.15, 0.2) is 0 Å². The van der Waals surface area contributed by atoms with E-state index < -0.39 is 0 Å². The quantitative estimate of drug-likeness (QED) is 0.901. The Bertz CT molecular complexity index is 459. The molecule has 2 heterocycles. The van der Waals surface area contributed by atoms with E-state index in [1.807, 2.05) is 11.7 Å². The van der Waals surface area contributed by atoms with Gasteiger partial charge in [-0.1, -0.05) is 26.2 Å². The lowest BCUT2D eigenvalue weighted by molar-refractivity contribution is 0.195. The molecule has 1 aromatic rings. The Morgan fingerprint density at radius 2 is 2.10 bits per heavy atom. The number of aromatic nitrogens is 2. The molecule has 1 N–H and O–H groups in total. The highest BCUT2D eigenvalue weighted by Crippen LogP contribution is 2.35. The smallest absolute Gasteiger partial charge is 0.0827 e. The molecule has 0 amide bonds. The molecule has 112 valence electrons. The van der Waals surface area contributed by atoms with Gasteiger partial charge in [0.25, 0.3) is 0 Å². The van der Waals surface area contributed by atoms with E-state index in [4.69, 9.17) is 0 Å². The molecule has 1 aromatic heterocycles. The first-order valence-corrected chi connectivity index (χ1v) is 8.15. The first-order valence-electron chi connectivity index (χ1n) is 8.15. The fourth-order valence-corrected chi connectivity index (χ4v) is 4.03. The summed E-state index contributed by atoms with van der Waals surface area (Å²) in [5.74, 6) is 0. The summed E-state index contributed by atoms with van der Waals surface area (Å²) in [4.78, 5) is 2.63. The van der Waals surface area contributed by atoms with Crippen molar-refractivity contribution in [2.75, 3.05) is 18.0 Å². The van der Waals surface area contributed by atoms with Crippen LogP contribution in [0.1, 0.15) is 51.1 Å². The number of piperazine rings is 1. The van der Waals surface area contributed by atoms with E-state index in [9.17, 15) is 0 Å². The van der Waals surface area contributed by atoms with Crippen molar-refractivity contribution in [1.29, 1.82) is 0 Å². The zero-order valence-corrected chi connectivity index (χ0v) is 13.2. The van der Waals surface area contributed by atoms with Crippen LogP contribution < -0.4 is 10.2 Å². The molecule has 20 heavy (non-hydrogen) atoms. The molecule has 1 aliphatic heterocycles. The second-order valence-electron chi connectivity index (χ2n) is 6.69.